The van der Waals surface area contributed by atoms with Crippen LogP contribution in [0.25, 0.3) is 0 Å². The second-order valence-corrected chi connectivity index (χ2v) is 9.98. The molecule has 0 bridgehead atoms. The minimum atomic E-state index is -2.06. The van der Waals surface area contributed by atoms with Crippen LogP contribution in [0.15, 0.2) is 77.3 Å². The van der Waals surface area contributed by atoms with Crippen LogP contribution in [-0.4, -0.2) is 29.0 Å². The zero-order valence-electron chi connectivity index (χ0n) is 18.7. The zero-order valence-corrected chi connectivity index (χ0v) is 20.3. The van der Waals surface area contributed by atoms with Crippen LogP contribution < -0.4 is 4.90 Å². The molecular formula is C28H20BrNO5. The topological polar surface area (TPSA) is 80.8 Å². The van der Waals surface area contributed by atoms with Crippen LogP contribution in [0.1, 0.15) is 44.9 Å². The second kappa shape index (κ2) is 7.80. The van der Waals surface area contributed by atoms with Gasteiger partial charge in [0.15, 0.2) is 0 Å². The summed E-state index contributed by atoms with van der Waals surface area (Å²) >= 11 is 3.37. The van der Waals surface area contributed by atoms with Crippen LogP contribution in [0.3, 0.4) is 0 Å². The van der Waals surface area contributed by atoms with Crippen LogP contribution in [-0.2, 0) is 20.7 Å². The first kappa shape index (κ1) is 22.1. The number of Topliss-reactive ketones (excluding diaryl/α,β-unsaturated/α-hetero) is 2. The van der Waals surface area contributed by atoms with Gasteiger partial charge < -0.3 is 4.74 Å². The number of aryl methyl sites for hydroxylation is 1. The van der Waals surface area contributed by atoms with Crippen molar-refractivity contribution < 1.29 is 23.9 Å². The number of fused-ring (bicyclic) bond motifs is 3. The molecule has 7 heteroatoms. The molecule has 0 unspecified atom stereocenters. The van der Waals surface area contributed by atoms with E-state index in [0.29, 0.717) is 11.3 Å². The lowest BCUT2D eigenvalue weighted by atomic mass is 9.77. The minimum absolute atomic E-state index is 0.223. The maximum atomic E-state index is 13.9. The van der Waals surface area contributed by atoms with Crippen molar-refractivity contribution in [2.75, 3.05) is 4.90 Å². The summed E-state index contributed by atoms with van der Waals surface area (Å²) in [6.45, 7) is 2.04. The monoisotopic (exact) mass is 529 g/mol. The van der Waals surface area contributed by atoms with Crippen LogP contribution in [0.2, 0.25) is 0 Å². The molecule has 1 aliphatic carbocycles. The number of hydrogen-bond acceptors (Lipinski definition) is 5. The van der Waals surface area contributed by atoms with E-state index in [2.05, 4.69) is 15.9 Å². The molecule has 3 aliphatic rings. The number of halogens is 1. The molecule has 2 aliphatic heterocycles. The van der Waals surface area contributed by atoms with Crippen LogP contribution in [0.4, 0.5) is 5.69 Å². The maximum absolute atomic E-state index is 13.9. The van der Waals surface area contributed by atoms with Gasteiger partial charge in [-0.15, -0.1) is 0 Å². The summed E-state index contributed by atoms with van der Waals surface area (Å²) in [5.41, 5.74) is 0.539. The van der Waals surface area contributed by atoms with Crippen molar-refractivity contribution in [3.63, 3.8) is 0 Å². The Bertz CT molecular complexity index is 1380. The molecule has 0 N–H and O–H groups in total. The van der Waals surface area contributed by atoms with E-state index in [9.17, 15) is 19.2 Å². The molecule has 174 valence electrons. The van der Waals surface area contributed by atoms with Gasteiger partial charge in [0.05, 0.1) is 23.6 Å². The van der Waals surface area contributed by atoms with Crippen molar-refractivity contribution in [1.82, 2.24) is 0 Å². The van der Waals surface area contributed by atoms with Crippen LogP contribution in [0, 0.1) is 11.8 Å². The van der Waals surface area contributed by atoms with Crippen molar-refractivity contribution in [2.45, 2.75) is 25.0 Å². The van der Waals surface area contributed by atoms with Gasteiger partial charge in [-0.2, -0.15) is 0 Å². The number of carbonyl (C=O) groups is 4. The molecule has 3 aromatic carbocycles. The zero-order chi connectivity index (χ0) is 24.5. The van der Waals surface area contributed by atoms with E-state index in [-0.39, 0.29) is 11.1 Å². The predicted octanol–water partition coefficient (Wildman–Crippen LogP) is 4.71. The average molecular weight is 530 g/mol. The lowest BCUT2D eigenvalue weighted by molar-refractivity contribution is -0.127. The fourth-order valence-corrected chi connectivity index (χ4v) is 5.87. The normalized spacial score (nSPS) is 24.4. The molecule has 3 aromatic rings. The van der Waals surface area contributed by atoms with Gasteiger partial charge in [-0.05, 0) is 41.8 Å². The number of hydrogen-bond donors (Lipinski definition) is 0. The van der Waals surface area contributed by atoms with E-state index in [1.165, 1.54) is 0 Å². The van der Waals surface area contributed by atoms with Gasteiger partial charge in [-0.1, -0.05) is 71.4 Å². The molecule has 35 heavy (non-hydrogen) atoms. The fourth-order valence-electron chi connectivity index (χ4n) is 5.61. The number of ether oxygens (including phenoxy) is 1. The van der Waals surface area contributed by atoms with E-state index in [1.807, 2.05) is 31.2 Å². The summed E-state index contributed by atoms with van der Waals surface area (Å²) in [7, 11) is 0. The van der Waals surface area contributed by atoms with Gasteiger partial charge in [-0.3, -0.25) is 19.2 Å². The van der Waals surface area contributed by atoms with E-state index in [1.54, 1.807) is 48.5 Å². The molecule has 2 amide bonds. The Hall–Kier alpha value is -3.42. The van der Waals surface area contributed by atoms with E-state index >= 15 is 0 Å². The lowest BCUT2D eigenvalue weighted by Gasteiger charge is -2.27. The number of rotatable bonds is 3. The highest BCUT2D eigenvalue weighted by Gasteiger charge is 2.74. The number of nitrogens with zero attached hydrogens (tertiary/aromatic N) is 1. The van der Waals surface area contributed by atoms with Gasteiger partial charge in [0.25, 0.3) is 0 Å². The van der Waals surface area contributed by atoms with Gasteiger partial charge in [0.2, 0.25) is 29.0 Å². The molecule has 2 fully saturated rings. The quantitative estimate of drug-likeness (QED) is 0.362. The van der Waals surface area contributed by atoms with Crippen LogP contribution >= 0.6 is 15.9 Å². The third-order valence-electron chi connectivity index (χ3n) is 7.32. The SMILES string of the molecule is CCc1ccc([C@H]2OC3(C(=O)c4ccccc4C3=O)[C@H]3C(=O)N(c4ccc(Br)cc4)C(=O)[C@H]23)cc1. The van der Waals surface area contributed by atoms with Crippen LogP contribution in [0.5, 0.6) is 0 Å². The molecule has 0 saturated carbocycles. The summed E-state index contributed by atoms with van der Waals surface area (Å²) in [4.78, 5) is 56.3. The first-order valence-electron chi connectivity index (χ1n) is 11.5. The summed E-state index contributed by atoms with van der Waals surface area (Å²) in [5.74, 6) is -4.42. The van der Waals surface area contributed by atoms with Crippen molar-refractivity contribution in [3.05, 3.63) is 99.5 Å². The van der Waals surface area contributed by atoms with Crippen molar-refractivity contribution in [1.29, 1.82) is 0 Å². The highest BCUT2D eigenvalue weighted by Crippen LogP contribution is 2.57. The predicted molar refractivity (Wildman–Crippen MR) is 131 cm³/mol. The third kappa shape index (κ3) is 2.91. The molecule has 1 spiro atoms. The lowest BCUT2D eigenvalue weighted by Crippen LogP contribution is -2.51. The van der Waals surface area contributed by atoms with Gasteiger partial charge in [0.1, 0.15) is 0 Å². The molecular weight excluding hydrogens is 510 g/mol. The number of imide groups is 1. The van der Waals surface area contributed by atoms with Crippen molar-refractivity contribution in [3.8, 4) is 0 Å². The third-order valence-corrected chi connectivity index (χ3v) is 7.85. The Morgan fingerprint density at radius 2 is 1.43 bits per heavy atom. The Morgan fingerprint density at radius 1 is 0.829 bits per heavy atom. The minimum Gasteiger partial charge on any atom is -0.349 e. The summed E-state index contributed by atoms with van der Waals surface area (Å²) in [6, 6.07) is 20.8. The molecule has 0 radical (unpaired) electrons. The van der Waals surface area contributed by atoms with E-state index in [0.717, 1.165) is 21.4 Å². The summed E-state index contributed by atoms with van der Waals surface area (Å²) < 4.78 is 7.11. The standard InChI is InChI=1S/C28H20BrNO5/c1-2-15-7-9-16(10-8-15)23-21-22(27(34)30(26(21)33)18-13-11-17(29)12-14-18)28(35-23)24(31)19-5-3-4-6-20(19)25(28)32/h3-14,21-23H,2H2,1H3/t21-,22+,23+/m0/s1. The molecule has 2 saturated heterocycles. The fraction of sp³-hybridized carbons (Fsp3) is 0.214. The first-order chi connectivity index (χ1) is 16.9. The Balaban J connectivity index is 1.53. The van der Waals surface area contributed by atoms with Gasteiger partial charge >= 0.3 is 0 Å². The van der Waals surface area contributed by atoms with E-state index in [4.69, 9.17) is 4.74 Å². The average Bonchev–Trinajstić information content (AvgIpc) is 3.45. The molecule has 6 rings (SSSR count). The second-order valence-electron chi connectivity index (χ2n) is 9.06. The smallest absolute Gasteiger partial charge is 0.241 e. The van der Waals surface area contributed by atoms with Crippen molar-refractivity contribution in [2.24, 2.45) is 11.8 Å². The van der Waals surface area contributed by atoms with Crippen molar-refractivity contribution >= 4 is 45.0 Å². The first-order valence-corrected chi connectivity index (χ1v) is 12.3. The van der Waals surface area contributed by atoms with Gasteiger partial charge in [-0.25, -0.2) is 4.90 Å². The number of amides is 2. The Morgan fingerprint density at radius 3 is 2.00 bits per heavy atom. The largest absolute Gasteiger partial charge is 0.349 e. The van der Waals surface area contributed by atoms with Gasteiger partial charge in [0, 0.05) is 15.6 Å². The summed E-state index contributed by atoms with van der Waals surface area (Å²) in [5, 5.41) is 0. The Labute approximate surface area is 210 Å². The molecule has 6 nitrogen and oxygen atoms in total. The summed E-state index contributed by atoms with van der Waals surface area (Å²) in [6.07, 6.45) is -0.0759. The highest BCUT2D eigenvalue weighted by molar-refractivity contribution is 9.10. The molecule has 3 atom stereocenters. The number of carbonyl (C=O) groups excluding carboxylic acids is 4. The molecule has 2 heterocycles. The maximum Gasteiger partial charge on any atom is 0.241 e. The number of anilines is 1. The van der Waals surface area contributed by atoms with E-state index < -0.39 is 46.9 Å². The number of benzene rings is 3. The Kier molecular flexibility index (Phi) is 4.92. The molecule has 0 aromatic heterocycles. The number of ketones is 2. The highest BCUT2D eigenvalue weighted by atomic mass is 79.9.